The fraction of sp³-hybridized carbons (Fsp3) is 0.667. The average molecular weight is 275 g/mol. The van der Waals surface area contributed by atoms with Gasteiger partial charge in [-0.15, -0.1) is 0 Å². The summed E-state index contributed by atoms with van der Waals surface area (Å²) in [4.78, 5) is 0. The van der Waals surface area contributed by atoms with Crippen molar-refractivity contribution < 1.29 is 4.74 Å². The molecule has 1 unspecified atom stereocenters. The molecule has 112 valence electrons. The molecule has 1 aliphatic heterocycles. The Morgan fingerprint density at radius 1 is 1.15 bits per heavy atom. The third kappa shape index (κ3) is 3.99. The second kappa shape index (κ2) is 8.31. The molecule has 0 saturated heterocycles. The SMILES string of the molecule is CCCCCCC(NCCC)c1cccc2c1OCC2. The summed E-state index contributed by atoms with van der Waals surface area (Å²) >= 11 is 0. The Morgan fingerprint density at radius 2 is 2.05 bits per heavy atom. The normalized spacial score (nSPS) is 14.9. The predicted molar refractivity (Wildman–Crippen MR) is 85.4 cm³/mol. The van der Waals surface area contributed by atoms with Gasteiger partial charge >= 0.3 is 0 Å². The third-order valence-electron chi connectivity index (χ3n) is 4.11. The van der Waals surface area contributed by atoms with Gasteiger partial charge in [-0.3, -0.25) is 0 Å². The molecule has 1 aromatic rings. The summed E-state index contributed by atoms with van der Waals surface area (Å²) in [6.45, 7) is 6.43. The standard InChI is InChI=1S/C18H29NO/c1-3-5-6-7-11-17(19-13-4-2)16-10-8-9-15-12-14-20-18(15)16/h8-10,17,19H,3-7,11-14H2,1-2H3. The van der Waals surface area contributed by atoms with Crippen molar-refractivity contribution >= 4 is 0 Å². The van der Waals surface area contributed by atoms with Crippen LogP contribution in [-0.4, -0.2) is 13.2 Å². The molecule has 2 rings (SSSR count). The van der Waals surface area contributed by atoms with E-state index in [1.807, 2.05) is 0 Å². The Balaban J connectivity index is 2.03. The quantitative estimate of drug-likeness (QED) is 0.663. The van der Waals surface area contributed by atoms with Gasteiger partial charge in [-0.25, -0.2) is 0 Å². The molecule has 2 heteroatoms. The Morgan fingerprint density at radius 3 is 2.85 bits per heavy atom. The minimum absolute atomic E-state index is 0.458. The van der Waals surface area contributed by atoms with E-state index < -0.39 is 0 Å². The van der Waals surface area contributed by atoms with Crippen LogP contribution < -0.4 is 10.1 Å². The van der Waals surface area contributed by atoms with Crippen LogP contribution >= 0.6 is 0 Å². The highest BCUT2D eigenvalue weighted by molar-refractivity contribution is 5.45. The monoisotopic (exact) mass is 275 g/mol. The van der Waals surface area contributed by atoms with Crippen molar-refractivity contribution in [2.45, 2.75) is 64.8 Å². The molecule has 0 bridgehead atoms. The van der Waals surface area contributed by atoms with Crippen LogP contribution in [0.4, 0.5) is 0 Å². The van der Waals surface area contributed by atoms with E-state index in [0.717, 1.165) is 25.3 Å². The number of benzene rings is 1. The van der Waals surface area contributed by atoms with Gasteiger partial charge in [-0.05, 0) is 24.9 Å². The van der Waals surface area contributed by atoms with Gasteiger partial charge in [0.1, 0.15) is 5.75 Å². The van der Waals surface area contributed by atoms with Crippen LogP contribution in [0.2, 0.25) is 0 Å². The molecular formula is C18H29NO. The Hall–Kier alpha value is -1.02. The van der Waals surface area contributed by atoms with Gasteiger partial charge in [-0.2, -0.15) is 0 Å². The van der Waals surface area contributed by atoms with E-state index in [9.17, 15) is 0 Å². The van der Waals surface area contributed by atoms with Crippen molar-refractivity contribution in [2.24, 2.45) is 0 Å². The van der Waals surface area contributed by atoms with Crippen molar-refractivity contribution in [2.75, 3.05) is 13.2 Å². The maximum absolute atomic E-state index is 5.88. The number of ether oxygens (including phenoxy) is 1. The van der Waals surface area contributed by atoms with E-state index in [-0.39, 0.29) is 0 Å². The minimum atomic E-state index is 0.458. The van der Waals surface area contributed by atoms with E-state index in [4.69, 9.17) is 4.74 Å². The topological polar surface area (TPSA) is 21.3 Å². The van der Waals surface area contributed by atoms with Gasteiger partial charge in [0.25, 0.3) is 0 Å². The number of fused-ring (bicyclic) bond motifs is 1. The van der Waals surface area contributed by atoms with Gasteiger partial charge in [0.2, 0.25) is 0 Å². The molecule has 0 aromatic heterocycles. The molecule has 2 nitrogen and oxygen atoms in total. The molecule has 1 N–H and O–H groups in total. The summed E-state index contributed by atoms with van der Waals surface area (Å²) in [7, 11) is 0. The molecule has 0 spiro atoms. The molecule has 0 fully saturated rings. The molecule has 1 aliphatic rings. The summed E-state index contributed by atoms with van der Waals surface area (Å²) in [5, 5.41) is 3.71. The molecule has 1 aromatic carbocycles. The second-order valence-electron chi connectivity index (χ2n) is 5.79. The highest BCUT2D eigenvalue weighted by atomic mass is 16.5. The molecule has 0 radical (unpaired) electrons. The van der Waals surface area contributed by atoms with Gasteiger partial charge in [0.05, 0.1) is 6.61 Å². The summed E-state index contributed by atoms with van der Waals surface area (Å²) in [5.41, 5.74) is 2.77. The lowest BCUT2D eigenvalue weighted by Gasteiger charge is -2.21. The van der Waals surface area contributed by atoms with E-state index in [1.54, 1.807) is 0 Å². The predicted octanol–water partition coefficient (Wildman–Crippen LogP) is 4.63. The fourth-order valence-corrected chi connectivity index (χ4v) is 2.98. The summed E-state index contributed by atoms with van der Waals surface area (Å²) in [5.74, 6) is 1.16. The molecule has 0 amide bonds. The van der Waals surface area contributed by atoms with E-state index in [1.165, 1.54) is 49.7 Å². The van der Waals surface area contributed by atoms with Crippen LogP contribution in [0, 0.1) is 0 Å². The van der Waals surface area contributed by atoms with Gasteiger partial charge < -0.3 is 10.1 Å². The first-order valence-corrected chi connectivity index (χ1v) is 8.34. The minimum Gasteiger partial charge on any atom is -0.493 e. The zero-order valence-electron chi connectivity index (χ0n) is 13.1. The summed E-state index contributed by atoms with van der Waals surface area (Å²) in [6, 6.07) is 7.10. The molecule has 0 aliphatic carbocycles. The van der Waals surface area contributed by atoms with Crippen LogP contribution in [0.3, 0.4) is 0 Å². The van der Waals surface area contributed by atoms with Crippen molar-refractivity contribution in [1.82, 2.24) is 5.32 Å². The van der Waals surface area contributed by atoms with E-state index >= 15 is 0 Å². The summed E-state index contributed by atoms with van der Waals surface area (Å²) < 4.78 is 5.88. The zero-order chi connectivity index (χ0) is 14.2. The second-order valence-corrected chi connectivity index (χ2v) is 5.79. The number of nitrogens with one attached hydrogen (secondary N) is 1. The van der Waals surface area contributed by atoms with Crippen LogP contribution in [0.15, 0.2) is 18.2 Å². The molecule has 1 heterocycles. The lowest BCUT2D eigenvalue weighted by atomic mass is 9.97. The highest BCUT2D eigenvalue weighted by Gasteiger charge is 2.21. The lowest BCUT2D eigenvalue weighted by molar-refractivity contribution is 0.345. The Kier molecular flexibility index (Phi) is 6.38. The van der Waals surface area contributed by atoms with Crippen LogP contribution in [-0.2, 0) is 6.42 Å². The highest BCUT2D eigenvalue weighted by Crippen LogP contribution is 2.35. The van der Waals surface area contributed by atoms with Crippen LogP contribution in [0.1, 0.15) is 69.5 Å². The lowest BCUT2D eigenvalue weighted by Crippen LogP contribution is -2.22. The molecular weight excluding hydrogens is 246 g/mol. The van der Waals surface area contributed by atoms with E-state index in [2.05, 4.69) is 37.4 Å². The number of hydrogen-bond donors (Lipinski definition) is 1. The van der Waals surface area contributed by atoms with Gasteiger partial charge in [0, 0.05) is 18.0 Å². The molecule has 20 heavy (non-hydrogen) atoms. The van der Waals surface area contributed by atoms with Gasteiger partial charge in [0.15, 0.2) is 0 Å². The Labute approximate surface area is 123 Å². The smallest absolute Gasteiger partial charge is 0.127 e. The Bertz CT molecular complexity index is 402. The van der Waals surface area contributed by atoms with Crippen molar-refractivity contribution in [1.29, 1.82) is 0 Å². The van der Waals surface area contributed by atoms with Gasteiger partial charge in [-0.1, -0.05) is 57.7 Å². The van der Waals surface area contributed by atoms with Crippen molar-refractivity contribution in [3.8, 4) is 5.75 Å². The maximum Gasteiger partial charge on any atom is 0.127 e. The van der Waals surface area contributed by atoms with Crippen LogP contribution in [0.25, 0.3) is 0 Å². The largest absolute Gasteiger partial charge is 0.493 e. The number of para-hydroxylation sites is 1. The third-order valence-corrected chi connectivity index (χ3v) is 4.11. The maximum atomic E-state index is 5.88. The van der Waals surface area contributed by atoms with Crippen molar-refractivity contribution in [3.63, 3.8) is 0 Å². The fourth-order valence-electron chi connectivity index (χ4n) is 2.98. The van der Waals surface area contributed by atoms with E-state index in [0.29, 0.717) is 6.04 Å². The first kappa shape index (κ1) is 15.4. The van der Waals surface area contributed by atoms with Crippen LogP contribution in [0.5, 0.6) is 5.75 Å². The van der Waals surface area contributed by atoms with Crippen molar-refractivity contribution in [3.05, 3.63) is 29.3 Å². The number of unbranched alkanes of at least 4 members (excludes halogenated alkanes) is 3. The first-order chi connectivity index (χ1) is 9.86. The molecule has 0 saturated carbocycles. The molecule has 1 atom stereocenters. The number of rotatable bonds is 9. The summed E-state index contributed by atoms with van der Waals surface area (Å²) in [6.07, 6.45) is 8.77. The average Bonchev–Trinajstić information content (AvgIpc) is 2.95. The zero-order valence-corrected chi connectivity index (χ0v) is 13.1. The number of hydrogen-bond acceptors (Lipinski definition) is 2. The first-order valence-electron chi connectivity index (χ1n) is 8.34.